The number of fused-ring (bicyclic) bond motifs is 2. The van der Waals surface area contributed by atoms with Crippen molar-refractivity contribution in [2.24, 2.45) is 10.9 Å². The smallest absolute Gasteiger partial charge is 0.276 e. The number of oxime groups is 1. The van der Waals surface area contributed by atoms with Crippen LogP contribution in [-0.4, -0.2) is 68.1 Å². The minimum atomic E-state index is -1.49. The molecule has 0 saturated carbocycles. The van der Waals surface area contributed by atoms with E-state index in [4.69, 9.17) is 37.7 Å². The maximum Gasteiger partial charge on any atom is 0.276 e. The first kappa shape index (κ1) is 30.2. The summed E-state index contributed by atoms with van der Waals surface area (Å²) in [6, 6.07) is 4.50. The molecule has 15 nitrogen and oxygen atoms in total. The van der Waals surface area contributed by atoms with Crippen LogP contribution in [0.25, 0.3) is 10.9 Å². The van der Waals surface area contributed by atoms with E-state index in [9.17, 15) is 19.5 Å². The molecule has 6 N–H and O–H groups in total. The van der Waals surface area contributed by atoms with E-state index in [0.29, 0.717) is 23.4 Å². The van der Waals surface area contributed by atoms with E-state index < -0.39 is 29.2 Å². The Balaban J connectivity index is 1.18. The average molecular weight is 670 g/mol. The van der Waals surface area contributed by atoms with Crippen molar-refractivity contribution >= 4 is 80.1 Å². The second kappa shape index (κ2) is 11.9. The van der Waals surface area contributed by atoms with E-state index in [0.717, 1.165) is 27.1 Å². The highest BCUT2D eigenvalue weighted by Crippen LogP contribution is 2.40. The van der Waals surface area contributed by atoms with Crippen LogP contribution >= 0.6 is 34.7 Å². The SMILES string of the molecule is CON=C(C(=O)N[C@@H]1C(=O)N2C(C(=O)[O-])=C(C[n+]3ccc4c(ccn4Cc4cc(C(=N)N)co4)c3)CS[C@H]12)c1nc(N)sc1Cl. The molecule has 18 heteroatoms. The number of carboxylic acid groups (broad SMARTS) is 1. The number of nitrogens with one attached hydrogen (secondary N) is 2. The molecule has 45 heavy (non-hydrogen) atoms. The molecule has 2 atom stereocenters. The van der Waals surface area contributed by atoms with E-state index in [1.807, 2.05) is 39.9 Å². The summed E-state index contributed by atoms with van der Waals surface area (Å²) in [6.45, 7) is 0.622. The lowest BCUT2D eigenvalue weighted by Gasteiger charge is -2.50. The molecule has 0 aromatic carbocycles. The number of amidine groups is 1. The van der Waals surface area contributed by atoms with Crippen LogP contribution in [0.1, 0.15) is 17.0 Å². The Kier molecular flexibility index (Phi) is 7.98. The Morgan fingerprint density at radius 3 is 2.87 bits per heavy atom. The summed E-state index contributed by atoms with van der Waals surface area (Å²) in [5, 5.41) is 26.5. The molecular formula is C27H24ClN9O6S2. The number of hydrogen-bond acceptors (Lipinski definition) is 12. The van der Waals surface area contributed by atoms with Crippen LogP contribution < -0.4 is 26.5 Å². The van der Waals surface area contributed by atoms with Crippen LogP contribution in [-0.2, 0) is 32.3 Å². The van der Waals surface area contributed by atoms with Crippen molar-refractivity contribution in [1.82, 2.24) is 19.8 Å². The van der Waals surface area contributed by atoms with Crippen LogP contribution in [0.5, 0.6) is 0 Å². The number of thioether (sulfide) groups is 1. The molecule has 1 fully saturated rings. The monoisotopic (exact) mass is 669 g/mol. The van der Waals surface area contributed by atoms with Crippen molar-refractivity contribution < 1.29 is 33.3 Å². The number of hydrogen-bond donors (Lipinski definition) is 4. The van der Waals surface area contributed by atoms with E-state index >= 15 is 0 Å². The molecule has 1 saturated heterocycles. The third-order valence-electron chi connectivity index (χ3n) is 7.18. The third-order valence-corrected chi connectivity index (χ3v) is 9.61. The van der Waals surface area contributed by atoms with Gasteiger partial charge in [0.2, 0.25) is 0 Å². The number of nitrogens with zero attached hydrogens (tertiary/aromatic N) is 5. The Labute approximate surface area is 267 Å². The van der Waals surface area contributed by atoms with E-state index in [2.05, 4.69) is 15.5 Å². The predicted molar refractivity (Wildman–Crippen MR) is 163 cm³/mol. The molecule has 2 amide bonds. The molecule has 0 radical (unpaired) electrons. The number of furan rings is 1. The number of aromatic nitrogens is 3. The van der Waals surface area contributed by atoms with Crippen LogP contribution in [0, 0.1) is 5.41 Å². The second-order valence-electron chi connectivity index (χ2n) is 10.0. The third kappa shape index (κ3) is 5.60. The maximum absolute atomic E-state index is 13.2. The summed E-state index contributed by atoms with van der Waals surface area (Å²) >= 11 is 8.40. The number of halogens is 1. The van der Waals surface area contributed by atoms with Crippen LogP contribution in [0.3, 0.4) is 0 Å². The fourth-order valence-corrected chi connectivity index (χ4v) is 7.43. The van der Waals surface area contributed by atoms with Crippen molar-refractivity contribution in [3.63, 3.8) is 0 Å². The molecule has 2 aliphatic heterocycles. The number of amides is 2. The molecule has 0 unspecified atom stereocenters. The Morgan fingerprint density at radius 2 is 2.20 bits per heavy atom. The quantitative estimate of drug-likeness (QED) is 0.0582. The summed E-state index contributed by atoms with van der Waals surface area (Å²) < 4.78 is 9.44. The number of carbonyl (C=O) groups is 3. The normalized spacial score (nSPS) is 18.1. The fraction of sp³-hybridized carbons (Fsp3) is 0.222. The Morgan fingerprint density at radius 1 is 1.40 bits per heavy atom. The van der Waals surface area contributed by atoms with Gasteiger partial charge in [0.05, 0.1) is 34.7 Å². The first-order chi connectivity index (χ1) is 21.5. The zero-order valence-electron chi connectivity index (χ0n) is 23.4. The lowest BCUT2D eigenvalue weighted by molar-refractivity contribution is -0.687. The van der Waals surface area contributed by atoms with E-state index in [-0.39, 0.29) is 44.7 Å². The molecule has 0 spiro atoms. The largest absolute Gasteiger partial charge is 0.543 e. The van der Waals surface area contributed by atoms with Gasteiger partial charge in [-0.1, -0.05) is 28.1 Å². The van der Waals surface area contributed by atoms with E-state index in [1.54, 1.807) is 6.07 Å². The molecule has 6 rings (SSSR count). The highest BCUT2D eigenvalue weighted by atomic mass is 35.5. The van der Waals surface area contributed by atoms with Crippen LogP contribution in [0.2, 0.25) is 4.34 Å². The number of pyridine rings is 1. The molecule has 232 valence electrons. The number of nitrogen functional groups attached to an aromatic ring is 2. The number of anilines is 1. The first-order valence-electron chi connectivity index (χ1n) is 13.2. The van der Waals surface area contributed by atoms with Crippen molar-refractivity contribution in [3.05, 3.63) is 75.7 Å². The Bertz CT molecular complexity index is 1950. The number of thiazole rings is 1. The molecule has 0 aliphatic carbocycles. The van der Waals surface area contributed by atoms with Gasteiger partial charge in [0, 0.05) is 23.6 Å². The molecular weight excluding hydrogens is 646 g/mol. The van der Waals surface area contributed by atoms with Gasteiger partial charge in [0.15, 0.2) is 29.8 Å². The van der Waals surface area contributed by atoms with Crippen LogP contribution in [0.15, 0.2) is 63.9 Å². The average Bonchev–Trinajstić information content (AvgIpc) is 3.72. The van der Waals surface area contributed by atoms with Gasteiger partial charge in [-0.05, 0) is 12.1 Å². The van der Waals surface area contributed by atoms with Crippen LogP contribution in [0.4, 0.5) is 5.13 Å². The van der Waals surface area contributed by atoms with E-state index in [1.165, 1.54) is 25.1 Å². The van der Waals surface area contributed by atoms with Gasteiger partial charge in [0.1, 0.15) is 46.4 Å². The van der Waals surface area contributed by atoms with Crippen molar-refractivity contribution in [1.29, 1.82) is 5.41 Å². The van der Waals surface area contributed by atoms with Gasteiger partial charge in [0.25, 0.3) is 11.8 Å². The predicted octanol–water partition coefficient (Wildman–Crippen LogP) is 0.000870. The minimum Gasteiger partial charge on any atom is -0.543 e. The topological polar surface area (TPSA) is 222 Å². The molecule has 0 bridgehead atoms. The lowest BCUT2D eigenvalue weighted by atomic mass is 10.0. The fourth-order valence-electron chi connectivity index (χ4n) is 5.17. The van der Waals surface area contributed by atoms with Gasteiger partial charge in [-0.3, -0.25) is 19.9 Å². The molecule has 6 heterocycles. The second-order valence-corrected chi connectivity index (χ2v) is 12.8. The summed E-state index contributed by atoms with van der Waals surface area (Å²) in [7, 11) is 1.24. The first-order valence-corrected chi connectivity index (χ1v) is 15.4. The maximum atomic E-state index is 13.2. The number of carbonyl (C=O) groups excluding carboxylic acids is 3. The summed E-state index contributed by atoms with van der Waals surface area (Å²) in [5.74, 6) is -2.04. The van der Waals surface area contributed by atoms with Gasteiger partial charge >= 0.3 is 0 Å². The number of nitrogens with two attached hydrogens (primary N) is 2. The molecule has 4 aromatic rings. The zero-order valence-corrected chi connectivity index (χ0v) is 25.7. The summed E-state index contributed by atoms with van der Waals surface area (Å²) in [5.41, 5.74) is 12.6. The molecule has 4 aromatic heterocycles. The summed E-state index contributed by atoms with van der Waals surface area (Å²) in [6.07, 6.45) is 7.02. The van der Waals surface area contributed by atoms with Crippen molar-refractivity contribution in [2.45, 2.75) is 24.5 Å². The molecule has 2 aliphatic rings. The standard InChI is InChI=1S/C27H24ClN9O6S2/c1-42-34-18(17-21(28)45-27(31)33-17)23(38)32-19-24(39)37-20(26(40)41)14(11-44-25(19)37)8-35-4-3-16-12(7-35)2-5-36(16)9-15-6-13(10-43-15)22(29)30/h2-7,10,19,25H,8-9,11H2,1H3,(H6-,29,30,31,32,33,38,40,41)/t19-,25-/m1/s1. The van der Waals surface area contributed by atoms with Crippen molar-refractivity contribution in [2.75, 3.05) is 18.6 Å². The van der Waals surface area contributed by atoms with Crippen molar-refractivity contribution in [3.8, 4) is 0 Å². The Hall–Kier alpha value is -4.87. The number of aliphatic carboxylic acids is 1. The number of rotatable bonds is 10. The lowest BCUT2D eigenvalue weighted by Crippen LogP contribution is -2.71. The summed E-state index contributed by atoms with van der Waals surface area (Å²) in [4.78, 5) is 48.5. The van der Waals surface area contributed by atoms with Gasteiger partial charge in [-0.2, -0.15) is 0 Å². The highest BCUT2D eigenvalue weighted by Gasteiger charge is 2.53. The minimum absolute atomic E-state index is 0.00321. The van der Waals surface area contributed by atoms with Gasteiger partial charge in [-0.15, -0.1) is 11.8 Å². The zero-order chi connectivity index (χ0) is 32.0. The van der Waals surface area contributed by atoms with Gasteiger partial charge in [-0.25, -0.2) is 9.55 Å². The number of β-lactam (4-membered cyclic amide) rings is 1. The highest BCUT2D eigenvalue weighted by molar-refractivity contribution is 8.00. The van der Waals surface area contributed by atoms with Gasteiger partial charge < -0.3 is 40.5 Å². The number of carboxylic acids is 1.